The lowest BCUT2D eigenvalue weighted by Gasteiger charge is -2.20. The van der Waals surface area contributed by atoms with Gasteiger partial charge in [-0.1, -0.05) is 12.8 Å². The normalized spacial score (nSPS) is 17.3. The molecule has 0 saturated heterocycles. The minimum atomic E-state index is 0.0119. The Hall–Kier alpha value is -2.61. The van der Waals surface area contributed by atoms with Gasteiger partial charge >= 0.3 is 0 Å². The van der Waals surface area contributed by atoms with Crippen LogP contribution in [0.3, 0.4) is 0 Å². The standard InChI is InChI=1S/C18H18N4O/c19-12-13-5-6-16-14(11-13)8-10-21(16)18(23)17-7-9-20-22(17)15-3-1-2-4-15/h5-7,9,11,15H,1-4,8,10H2. The Labute approximate surface area is 135 Å². The first-order valence-electron chi connectivity index (χ1n) is 8.16. The number of amides is 1. The van der Waals surface area contributed by atoms with Crippen molar-refractivity contribution in [2.24, 2.45) is 0 Å². The smallest absolute Gasteiger partial charge is 0.276 e. The van der Waals surface area contributed by atoms with Crippen molar-refractivity contribution in [3.8, 4) is 6.07 Å². The minimum absolute atomic E-state index is 0.0119. The Bertz CT molecular complexity index is 796. The van der Waals surface area contributed by atoms with Crippen LogP contribution < -0.4 is 4.90 Å². The van der Waals surface area contributed by atoms with E-state index in [0.717, 1.165) is 30.5 Å². The zero-order valence-electron chi connectivity index (χ0n) is 12.9. The molecule has 2 aromatic rings. The third-order valence-electron chi connectivity index (χ3n) is 4.91. The molecule has 0 bridgehead atoms. The average Bonchev–Trinajstić information content (AvgIpc) is 3.31. The summed E-state index contributed by atoms with van der Waals surface area (Å²) in [5.41, 5.74) is 3.32. The second kappa shape index (κ2) is 5.54. The van der Waals surface area contributed by atoms with Gasteiger partial charge in [-0.05, 0) is 49.1 Å². The lowest BCUT2D eigenvalue weighted by Crippen LogP contribution is -2.31. The van der Waals surface area contributed by atoms with Gasteiger partial charge in [0.25, 0.3) is 5.91 Å². The fourth-order valence-electron chi connectivity index (χ4n) is 3.74. The number of anilines is 1. The van der Waals surface area contributed by atoms with Crippen LogP contribution in [0.2, 0.25) is 0 Å². The zero-order chi connectivity index (χ0) is 15.8. The lowest BCUT2D eigenvalue weighted by atomic mass is 10.1. The van der Waals surface area contributed by atoms with Gasteiger partial charge in [-0.3, -0.25) is 9.48 Å². The van der Waals surface area contributed by atoms with Crippen LogP contribution in [0.1, 0.15) is 53.3 Å². The van der Waals surface area contributed by atoms with Crippen molar-refractivity contribution in [2.75, 3.05) is 11.4 Å². The second-order valence-corrected chi connectivity index (χ2v) is 6.26. The highest BCUT2D eigenvalue weighted by Crippen LogP contribution is 2.33. The van der Waals surface area contributed by atoms with E-state index in [1.54, 1.807) is 12.3 Å². The summed E-state index contributed by atoms with van der Waals surface area (Å²) in [4.78, 5) is 14.8. The molecule has 1 aliphatic heterocycles. The van der Waals surface area contributed by atoms with E-state index in [4.69, 9.17) is 5.26 Å². The first-order valence-corrected chi connectivity index (χ1v) is 8.16. The topological polar surface area (TPSA) is 61.9 Å². The van der Waals surface area contributed by atoms with Crippen molar-refractivity contribution < 1.29 is 4.79 Å². The molecule has 1 aromatic heterocycles. The first kappa shape index (κ1) is 14.0. The number of nitriles is 1. The number of rotatable bonds is 2. The maximum absolute atomic E-state index is 13.0. The van der Waals surface area contributed by atoms with E-state index in [9.17, 15) is 4.79 Å². The first-order chi connectivity index (χ1) is 11.3. The minimum Gasteiger partial charge on any atom is -0.306 e. The van der Waals surface area contributed by atoms with Crippen LogP contribution in [-0.2, 0) is 6.42 Å². The maximum Gasteiger partial charge on any atom is 0.276 e. The molecule has 0 radical (unpaired) electrons. The van der Waals surface area contributed by atoms with Gasteiger partial charge in [0.1, 0.15) is 5.69 Å². The predicted molar refractivity (Wildman–Crippen MR) is 86.3 cm³/mol. The van der Waals surface area contributed by atoms with Crippen molar-refractivity contribution in [2.45, 2.75) is 38.1 Å². The zero-order valence-corrected chi connectivity index (χ0v) is 12.9. The summed E-state index contributed by atoms with van der Waals surface area (Å²) >= 11 is 0. The number of carbonyl (C=O) groups is 1. The van der Waals surface area contributed by atoms with Crippen LogP contribution in [0.5, 0.6) is 0 Å². The van der Waals surface area contributed by atoms with Gasteiger partial charge in [0.05, 0.1) is 17.7 Å². The number of hydrogen-bond acceptors (Lipinski definition) is 3. The Kier molecular flexibility index (Phi) is 3.38. The molecule has 23 heavy (non-hydrogen) atoms. The monoisotopic (exact) mass is 306 g/mol. The van der Waals surface area contributed by atoms with E-state index in [-0.39, 0.29) is 5.91 Å². The summed E-state index contributed by atoms with van der Waals surface area (Å²) in [7, 11) is 0. The maximum atomic E-state index is 13.0. The molecule has 2 heterocycles. The molecular formula is C18H18N4O. The van der Waals surface area contributed by atoms with Crippen molar-refractivity contribution in [1.29, 1.82) is 5.26 Å². The molecule has 2 aliphatic rings. The number of fused-ring (bicyclic) bond motifs is 1. The van der Waals surface area contributed by atoms with Crippen molar-refractivity contribution in [1.82, 2.24) is 9.78 Å². The molecule has 116 valence electrons. The molecule has 1 amide bonds. The van der Waals surface area contributed by atoms with Gasteiger partial charge < -0.3 is 4.90 Å². The summed E-state index contributed by atoms with van der Waals surface area (Å²) in [6.07, 6.45) is 7.15. The highest BCUT2D eigenvalue weighted by atomic mass is 16.2. The van der Waals surface area contributed by atoms with E-state index in [1.807, 2.05) is 27.8 Å². The highest BCUT2D eigenvalue weighted by molar-refractivity contribution is 6.06. The fourth-order valence-corrected chi connectivity index (χ4v) is 3.74. The summed E-state index contributed by atoms with van der Waals surface area (Å²) in [6.45, 7) is 0.666. The van der Waals surface area contributed by atoms with Gasteiger partial charge in [0.15, 0.2) is 0 Å². The second-order valence-electron chi connectivity index (χ2n) is 6.26. The summed E-state index contributed by atoms with van der Waals surface area (Å²) in [6, 6.07) is 9.88. The van der Waals surface area contributed by atoms with Crippen molar-refractivity contribution >= 4 is 11.6 Å². The largest absolute Gasteiger partial charge is 0.306 e. The number of carbonyl (C=O) groups excluding carboxylic acids is 1. The number of benzene rings is 1. The van der Waals surface area contributed by atoms with E-state index in [0.29, 0.717) is 23.8 Å². The summed E-state index contributed by atoms with van der Waals surface area (Å²) in [5, 5.41) is 13.4. The van der Waals surface area contributed by atoms with E-state index >= 15 is 0 Å². The SMILES string of the molecule is N#Cc1ccc2c(c1)CCN2C(=O)c1ccnn1C1CCCC1. The van der Waals surface area contributed by atoms with E-state index in [2.05, 4.69) is 11.2 Å². The number of nitrogens with zero attached hydrogens (tertiary/aromatic N) is 4. The van der Waals surface area contributed by atoms with Crippen LogP contribution in [0.25, 0.3) is 0 Å². The lowest BCUT2D eigenvalue weighted by molar-refractivity contribution is 0.0976. The number of aromatic nitrogens is 2. The Morgan fingerprint density at radius 1 is 1.26 bits per heavy atom. The average molecular weight is 306 g/mol. The van der Waals surface area contributed by atoms with Crippen molar-refractivity contribution in [3.63, 3.8) is 0 Å². The highest BCUT2D eigenvalue weighted by Gasteiger charge is 2.30. The molecule has 5 heteroatoms. The van der Waals surface area contributed by atoms with Gasteiger partial charge in [0.2, 0.25) is 0 Å². The van der Waals surface area contributed by atoms with Gasteiger partial charge in [-0.25, -0.2) is 0 Å². The molecular weight excluding hydrogens is 288 g/mol. The molecule has 4 rings (SSSR count). The Balaban J connectivity index is 1.65. The van der Waals surface area contributed by atoms with Crippen LogP contribution in [0.15, 0.2) is 30.5 Å². The van der Waals surface area contributed by atoms with Gasteiger partial charge in [0, 0.05) is 18.4 Å². The molecule has 1 fully saturated rings. The third-order valence-corrected chi connectivity index (χ3v) is 4.91. The molecule has 0 spiro atoms. The van der Waals surface area contributed by atoms with E-state index < -0.39 is 0 Å². The molecule has 1 aliphatic carbocycles. The fraction of sp³-hybridized carbons (Fsp3) is 0.389. The summed E-state index contributed by atoms with van der Waals surface area (Å²) in [5.74, 6) is 0.0119. The number of hydrogen-bond donors (Lipinski definition) is 0. The van der Waals surface area contributed by atoms with Crippen LogP contribution in [0, 0.1) is 11.3 Å². The van der Waals surface area contributed by atoms with Gasteiger partial charge in [-0.15, -0.1) is 0 Å². The molecule has 0 atom stereocenters. The summed E-state index contributed by atoms with van der Waals surface area (Å²) < 4.78 is 1.91. The van der Waals surface area contributed by atoms with E-state index in [1.165, 1.54) is 12.8 Å². The molecule has 1 saturated carbocycles. The molecule has 0 unspecified atom stereocenters. The van der Waals surface area contributed by atoms with Crippen LogP contribution >= 0.6 is 0 Å². The van der Waals surface area contributed by atoms with Crippen molar-refractivity contribution in [3.05, 3.63) is 47.3 Å². The van der Waals surface area contributed by atoms with Crippen LogP contribution in [-0.4, -0.2) is 22.2 Å². The Morgan fingerprint density at radius 3 is 2.87 bits per heavy atom. The third kappa shape index (κ3) is 2.31. The van der Waals surface area contributed by atoms with Crippen LogP contribution in [0.4, 0.5) is 5.69 Å². The quantitative estimate of drug-likeness (QED) is 0.856. The molecule has 0 N–H and O–H groups in total. The predicted octanol–water partition coefficient (Wildman–Crippen LogP) is 3.07. The molecule has 1 aromatic carbocycles. The molecule has 5 nitrogen and oxygen atoms in total. The Morgan fingerprint density at radius 2 is 2.09 bits per heavy atom. The van der Waals surface area contributed by atoms with Gasteiger partial charge in [-0.2, -0.15) is 10.4 Å².